The molecule has 1 rings (SSSR count). The fourth-order valence-electron chi connectivity index (χ4n) is 1.05. The summed E-state index contributed by atoms with van der Waals surface area (Å²) in [6.07, 6.45) is 4.11. The van der Waals surface area contributed by atoms with Crippen LogP contribution in [0.3, 0.4) is 0 Å². The first-order chi connectivity index (χ1) is 6.59. The SMILES string of the molecule is CN(C)C(=O)CCNc1cnn(C)c1. The van der Waals surface area contributed by atoms with E-state index in [-0.39, 0.29) is 5.91 Å². The molecule has 0 atom stereocenters. The minimum absolute atomic E-state index is 0.126. The highest BCUT2D eigenvalue weighted by Gasteiger charge is 2.02. The third-order valence-electron chi connectivity index (χ3n) is 1.87. The van der Waals surface area contributed by atoms with Crippen molar-refractivity contribution in [3.63, 3.8) is 0 Å². The predicted octanol–water partition coefficient (Wildman–Crippen LogP) is 0.310. The Hall–Kier alpha value is -1.52. The molecule has 14 heavy (non-hydrogen) atoms. The molecule has 0 aliphatic carbocycles. The standard InChI is InChI=1S/C9H16N4O/c1-12(2)9(14)4-5-10-8-6-11-13(3)7-8/h6-7,10H,4-5H2,1-3H3. The number of carbonyl (C=O) groups excluding carboxylic acids is 1. The lowest BCUT2D eigenvalue weighted by atomic mass is 10.3. The zero-order valence-electron chi connectivity index (χ0n) is 8.82. The summed E-state index contributed by atoms with van der Waals surface area (Å²) in [5.74, 6) is 0.126. The molecular formula is C9H16N4O. The van der Waals surface area contributed by atoms with E-state index in [1.807, 2.05) is 13.2 Å². The second-order valence-electron chi connectivity index (χ2n) is 3.37. The highest BCUT2D eigenvalue weighted by molar-refractivity contribution is 5.76. The van der Waals surface area contributed by atoms with Crippen LogP contribution in [0.2, 0.25) is 0 Å². The second kappa shape index (κ2) is 4.64. The van der Waals surface area contributed by atoms with Gasteiger partial charge in [0.1, 0.15) is 0 Å². The molecule has 0 unspecified atom stereocenters. The number of aromatic nitrogens is 2. The lowest BCUT2D eigenvalue weighted by Crippen LogP contribution is -2.23. The normalized spacial score (nSPS) is 9.93. The van der Waals surface area contributed by atoms with Crippen LogP contribution in [-0.4, -0.2) is 41.2 Å². The van der Waals surface area contributed by atoms with Crippen molar-refractivity contribution in [2.45, 2.75) is 6.42 Å². The highest BCUT2D eigenvalue weighted by atomic mass is 16.2. The molecule has 5 nitrogen and oxygen atoms in total. The van der Waals surface area contributed by atoms with E-state index in [1.54, 1.807) is 29.9 Å². The molecule has 1 aromatic heterocycles. The van der Waals surface area contributed by atoms with Gasteiger partial charge in [0.05, 0.1) is 11.9 Å². The molecule has 0 aliphatic heterocycles. The molecule has 1 N–H and O–H groups in total. The van der Waals surface area contributed by atoms with E-state index in [4.69, 9.17) is 0 Å². The Bertz CT molecular complexity index is 306. The summed E-state index contributed by atoms with van der Waals surface area (Å²) in [5, 5.41) is 7.13. The molecule has 0 fully saturated rings. The molecule has 5 heteroatoms. The largest absolute Gasteiger partial charge is 0.382 e. The number of hydrogen-bond acceptors (Lipinski definition) is 3. The van der Waals surface area contributed by atoms with Crippen molar-refractivity contribution in [3.8, 4) is 0 Å². The number of amides is 1. The summed E-state index contributed by atoms with van der Waals surface area (Å²) in [6.45, 7) is 0.642. The number of nitrogens with one attached hydrogen (secondary N) is 1. The van der Waals surface area contributed by atoms with Gasteiger partial charge in [0.2, 0.25) is 5.91 Å². The summed E-state index contributed by atoms with van der Waals surface area (Å²) >= 11 is 0. The molecule has 1 amide bonds. The average molecular weight is 196 g/mol. The fraction of sp³-hybridized carbons (Fsp3) is 0.556. The van der Waals surface area contributed by atoms with Gasteiger partial charge in [0, 0.05) is 40.3 Å². The number of aryl methyl sites for hydroxylation is 1. The third kappa shape index (κ3) is 3.08. The number of hydrogen-bond donors (Lipinski definition) is 1. The van der Waals surface area contributed by atoms with Gasteiger partial charge < -0.3 is 10.2 Å². The van der Waals surface area contributed by atoms with E-state index in [9.17, 15) is 4.79 Å². The van der Waals surface area contributed by atoms with Gasteiger partial charge in [-0.15, -0.1) is 0 Å². The van der Waals surface area contributed by atoms with E-state index in [0.29, 0.717) is 13.0 Å². The molecule has 0 aliphatic rings. The highest BCUT2D eigenvalue weighted by Crippen LogP contribution is 2.02. The summed E-state index contributed by atoms with van der Waals surface area (Å²) in [4.78, 5) is 12.8. The van der Waals surface area contributed by atoms with Crippen molar-refractivity contribution in [3.05, 3.63) is 12.4 Å². The van der Waals surface area contributed by atoms with Crippen LogP contribution in [0.5, 0.6) is 0 Å². The monoisotopic (exact) mass is 196 g/mol. The summed E-state index contributed by atoms with van der Waals surface area (Å²) < 4.78 is 1.72. The van der Waals surface area contributed by atoms with Gasteiger partial charge in [0.15, 0.2) is 0 Å². The minimum Gasteiger partial charge on any atom is -0.382 e. The molecular weight excluding hydrogens is 180 g/mol. The van der Waals surface area contributed by atoms with Crippen molar-refractivity contribution in [1.29, 1.82) is 0 Å². The van der Waals surface area contributed by atoms with Crippen LogP contribution < -0.4 is 5.32 Å². The first-order valence-corrected chi connectivity index (χ1v) is 4.52. The Morgan fingerprint density at radius 3 is 2.86 bits per heavy atom. The van der Waals surface area contributed by atoms with Crippen LogP contribution in [-0.2, 0) is 11.8 Å². The van der Waals surface area contributed by atoms with Crippen LogP contribution in [0.15, 0.2) is 12.4 Å². The molecule has 0 aromatic carbocycles. The van der Waals surface area contributed by atoms with Gasteiger partial charge in [-0.1, -0.05) is 0 Å². The zero-order valence-corrected chi connectivity index (χ0v) is 8.82. The number of carbonyl (C=O) groups is 1. The van der Waals surface area contributed by atoms with Gasteiger partial charge in [-0.25, -0.2) is 0 Å². The molecule has 0 saturated carbocycles. The van der Waals surface area contributed by atoms with Gasteiger partial charge in [-0.05, 0) is 0 Å². The summed E-state index contributed by atoms with van der Waals surface area (Å²) in [5.41, 5.74) is 0.944. The van der Waals surface area contributed by atoms with Crippen molar-refractivity contribution >= 4 is 11.6 Å². The lowest BCUT2D eigenvalue weighted by Gasteiger charge is -2.09. The van der Waals surface area contributed by atoms with Crippen LogP contribution in [0.4, 0.5) is 5.69 Å². The predicted molar refractivity (Wildman–Crippen MR) is 55.0 cm³/mol. The Morgan fingerprint density at radius 2 is 2.36 bits per heavy atom. The first-order valence-electron chi connectivity index (χ1n) is 4.52. The molecule has 1 aromatic rings. The van der Waals surface area contributed by atoms with Crippen molar-refractivity contribution in [2.24, 2.45) is 7.05 Å². The molecule has 0 saturated heterocycles. The number of anilines is 1. The van der Waals surface area contributed by atoms with Crippen molar-refractivity contribution in [2.75, 3.05) is 26.0 Å². The Kier molecular flexibility index (Phi) is 3.50. The van der Waals surface area contributed by atoms with Gasteiger partial charge in [-0.2, -0.15) is 5.10 Å². The lowest BCUT2D eigenvalue weighted by molar-refractivity contribution is -0.128. The maximum Gasteiger partial charge on any atom is 0.223 e. The van der Waals surface area contributed by atoms with Crippen LogP contribution in [0.25, 0.3) is 0 Å². The van der Waals surface area contributed by atoms with Crippen molar-refractivity contribution in [1.82, 2.24) is 14.7 Å². The number of rotatable bonds is 4. The quantitative estimate of drug-likeness (QED) is 0.754. The van der Waals surface area contributed by atoms with Crippen LogP contribution >= 0.6 is 0 Å². The fourth-order valence-corrected chi connectivity index (χ4v) is 1.05. The minimum atomic E-state index is 0.126. The van der Waals surface area contributed by atoms with Crippen molar-refractivity contribution < 1.29 is 4.79 Å². The van der Waals surface area contributed by atoms with E-state index >= 15 is 0 Å². The first kappa shape index (κ1) is 10.6. The molecule has 0 bridgehead atoms. The Morgan fingerprint density at radius 1 is 1.64 bits per heavy atom. The van der Waals surface area contributed by atoms with Gasteiger partial charge >= 0.3 is 0 Å². The van der Waals surface area contributed by atoms with Crippen LogP contribution in [0.1, 0.15) is 6.42 Å². The van der Waals surface area contributed by atoms with Crippen LogP contribution in [0, 0.1) is 0 Å². The summed E-state index contributed by atoms with van der Waals surface area (Å²) in [7, 11) is 5.37. The molecule has 0 spiro atoms. The molecule has 0 radical (unpaired) electrons. The van der Waals surface area contributed by atoms with E-state index in [2.05, 4.69) is 10.4 Å². The Balaban J connectivity index is 2.25. The zero-order chi connectivity index (χ0) is 10.6. The smallest absolute Gasteiger partial charge is 0.223 e. The topological polar surface area (TPSA) is 50.2 Å². The van der Waals surface area contributed by atoms with Gasteiger partial charge in [-0.3, -0.25) is 9.48 Å². The third-order valence-corrected chi connectivity index (χ3v) is 1.87. The average Bonchev–Trinajstić information content (AvgIpc) is 2.51. The van der Waals surface area contributed by atoms with E-state index in [1.165, 1.54) is 0 Å². The maximum atomic E-state index is 11.2. The molecule has 1 heterocycles. The number of nitrogens with zero attached hydrogens (tertiary/aromatic N) is 3. The second-order valence-corrected chi connectivity index (χ2v) is 3.37. The maximum absolute atomic E-state index is 11.2. The molecule has 78 valence electrons. The van der Waals surface area contributed by atoms with E-state index < -0.39 is 0 Å². The van der Waals surface area contributed by atoms with Gasteiger partial charge in [0.25, 0.3) is 0 Å². The summed E-state index contributed by atoms with van der Waals surface area (Å²) in [6, 6.07) is 0. The van der Waals surface area contributed by atoms with E-state index in [0.717, 1.165) is 5.69 Å². The Labute approximate surface area is 83.7 Å².